The van der Waals surface area contributed by atoms with Gasteiger partial charge in [-0.25, -0.2) is 4.68 Å². The molecule has 3 aromatic rings. The number of carbonyl (C=O) groups excluding carboxylic acids is 1. The average Bonchev–Trinajstić information content (AvgIpc) is 3.57. The molecule has 2 aromatic carbocycles. The summed E-state index contributed by atoms with van der Waals surface area (Å²) in [7, 11) is 2.98. The number of carbonyl (C=O) groups is 1. The number of ether oxygens (including phenoxy) is 2. The van der Waals surface area contributed by atoms with Crippen molar-refractivity contribution in [2.75, 3.05) is 32.6 Å². The lowest BCUT2D eigenvalue weighted by molar-refractivity contribution is -0.173. The number of fused-ring (bicyclic) bond motifs is 1. The monoisotopic (exact) mass is 515 g/mol. The molecule has 0 saturated carbocycles. The predicted octanol–water partition coefficient (Wildman–Crippen LogP) is 4.32. The van der Waals surface area contributed by atoms with E-state index in [0.717, 1.165) is 24.2 Å². The summed E-state index contributed by atoms with van der Waals surface area (Å²) in [6.45, 7) is 1.61. The number of alkyl halides is 3. The lowest BCUT2D eigenvalue weighted by Crippen LogP contribution is -2.36. The summed E-state index contributed by atoms with van der Waals surface area (Å²) in [5.41, 5.74) is 2.14. The Kier molecular flexibility index (Phi) is 6.72. The maximum absolute atomic E-state index is 14.1. The highest BCUT2D eigenvalue weighted by Crippen LogP contribution is 2.45. The normalized spacial score (nSPS) is 21.2. The van der Waals surface area contributed by atoms with Crippen LogP contribution >= 0.6 is 0 Å². The molecule has 2 aliphatic rings. The molecule has 1 aromatic heterocycles. The Labute approximate surface area is 212 Å². The van der Waals surface area contributed by atoms with Crippen molar-refractivity contribution in [3.8, 4) is 22.8 Å². The third-order valence-electron chi connectivity index (χ3n) is 6.84. The number of amides is 1. The standard InChI is InChI=1S/C26H28F3N5O3/c1-36-21-8-7-17(11-22(21)37-2)19-12-23(26(27,28)29)34-24(32-19)13-20(33-34)15-3-5-16(6-4-15)25(35)31-18-9-10-30-14-18/h3-8,11,13,18-19,23,30,32H,9-10,12,14H2,1-2H3,(H,31,35)/t18-,19-,23+/m0/s1. The van der Waals surface area contributed by atoms with Crippen molar-refractivity contribution in [1.29, 1.82) is 0 Å². The Bertz CT molecular complexity index is 1270. The number of nitrogens with one attached hydrogen (secondary N) is 3. The van der Waals surface area contributed by atoms with Crippen LogP contribution in [0.15, 0.2) is 48.5 Å². The molecule has 1 amide bonds. The summed E-state index contributed by atoms with van der Waals surface area (Å²) in [5.74, 6) is 1.03. The number of halogens is 3. The highest BCUT2D eigenvalue weighted by Gasteiger charge is 2.46. The summed E-state index contributed by atoms with van der Waals surface area (Å²) < 4.78 is 53.9. The highest BCUT2D eigenvalue weighted by atomic mass is 19.4. The number of hydrogen-bond donors (Lipinski definition) is 3. The molecule has 0 aliphatic carbocycles. The van der Waals surface area contributed by atoms with Gasteiger partial charge in [0.25, 0.3) is 5.91 Å². The summed E-state index contributed by atoms with van der Waals surface area (Å²) in [6, 6.07) is 11.1. The number of benzene rings is 2. The van der Waals surface area contributed by atoms with E-state index in [2.05, 4.69) is 21.0 Å². The van der Waals surface area contributed by atoms with Crippen molar-refractivity contribution in [2.45, 2.75) is 37.1 Å². The van der Waals surface area contributed by atoms with Crippen molar-refractivity contribution in [1.82, 2.24) is 20.4 Å². The van der Waals surface area contributed by atoms with Crippen LogP contribution in [0.2, 0.25) is 0 Å². The fourth-order valence-corrected chi connectivity index (χ4v) is 4.84. The van der Waals surface area contributed by atoms with Crippen LogP contribution in [0.1, 0.15) is 40.8 Å². The summed E-state index contributed by atoms with van der Waals surface area (Å²) in [5, 5.41) is 13.7. The molecular formula is C26H28F3N5O3. The Morgan fingerprint density at radius 1 is 1.08 bits per heavy atom. The van der Waals surface area contributed by atoms with E-state index in [-0.39, 0.29) is 24.2 Å². The van der Waals surface area contributed by atoms with E-state index >= 15 is 0 Å². The van der Waals surface area contributed by atoms with Crippen molar-refractivity contribution >= 4 is 11.7 Å². The van der Waals surface area contributed by atoms with Crippen LogP contribution in [-0.4, -0.2) is 55.2 Å². The molecule has 5 rings (SSSR count). The van der Waals surface area contributed by atoms with Gasteiger partial charge < -0.3 is 25.4 Å². The maximum atomic E-state index is 14.1. The van der Waals surface area contributed by atoms with Crippen LogP contribution in [0.3, 0.4) is 0 Å². The minimum absolute atomic E-state index is 0.0935. The van der Waals surface area contributed by atoms with E-state index in [1.54, 1.807) is 48.5 Å². The third-order valence-corrected chi connectivity index (χ3v) is 6.84. The first-order valence-electron chi connectivity index (χ1n) is 12.0. The van der Waals surface area contributed by atoms with Gasteiger partial charge in [0.05, 0.1) is 26.0 Å². The second-order valence-corrected chi connectivity index (χ2v) is 9.20. The molecule has 3 heterocycles. The third kappa shape index (κ3) is 5.08. The zero-order valence-electron chi connectivity index (χ0n) is 20.4. The Hall–Kier alpha value is -3.73. The molecule has 11 heteroatoms. The van der Waals surface area contributed by atoms with E-state index < -0.39 is 18.3 Å². The second kappa shape index (κ2) is 9.97. The van der Waals surface area contributed by atoms with Gasteiger partial charge in [0.15, 0.2) is 17.5 Å². The molecule has 1 saturated heterocycles. The smallest absolute Gasteiger partial charge is 0.410 e. The first-order valence-corrected chi connectivity index (χ1v) is 12.0. The first kappa shape index (κ1) is 24.9. The minimum Gasteiger partial charge on any atom is -0.493 e. The number of anilines is 1. The zero-order valence-corrected chi connectivity index (χ0v) is 20.4. The Morgan fingerprint density at radius 2 is 1.84 bits per heavy atom. The Morgan fingerprint density at radius 3 is 2.49 bits per heavy atom. The van der Waals surface area contributed by atoms with E-state index in [9.17, 15) is 18.0 Å². The number of hydrogen-bond acceptors (Lipinski definition) is 6. The van der Waals surface area contributed by atoms with E-state index in [4.69, 9.17) is 9.47 Å². The summed E-state index contributed by atoms with van der Waals surface area (Å²) >= 11 is 0. The van der Waals surface area contributed by atoms with Crippen LogP contribution in [0, 0.1) is 0 Å². The highest BCUT2D eigenvalue weighted by molar-refractivity contribution is 5.94. The van der Waals surface area contributed by atoms with Gasteiger partial charge >= 0.3 is 6.18 Å². The summed E-state index contributed by atoms with van der Waals surface area (Å²) in [6.07, 6.45) is -3.85. The van der Waals surface area contributed by atoms with Crippen LogP contribution in [0.4, 0.5) is 19.0 Å². The Balaban J connectivity index is 1.40. The lowest BCUT2D eigenvalue weighted by atomic mass is 9.96. The fourth-order valence-electron chi connectivity index (χ4n) is 4.84. The molecular weight excluding hydrogens is 487 g/mol. The fraction of sp³-hybridized carbons (Fsp3) is 0.385. The van der Waals surface area contributed by atoms with Gasteiger partial charge in [-0.2, -0.15) is 18.3 Å². The molecule has 2 aliphatic heterocycles. The molecule has 0 spiro atoms. The number of rotatable bonds is 6. The maximum Gasteiger partial charge on any atom is 0.410 e. The molecule has 3 N–H and O–H groups in total. The number of aromatic nitrogens is 2. The largest absolute Gasteiger partial charge is 0.493 e. The number of nitrogens with zero attached hydrogens (tertiary/aromatic N) is 2. The van der Waals surface area contributed by atoms with Crippen molar-refractivity contribution in [3.63, 3.8) is 0 Å². The predicted molar refractivity (Wildman–Crippen MR) is 132 cm³/mol. The van der Waals surface area contributed by atoms with Gasteiger partial charge in [-0.05, 0) is 42.8 Å². The molecule has 0 bridgehead atoms. The SMILES string of the molecule is COc1ccc([C@@H]2C[C@H](C(F)(F)F)n3nc(-c4ccc(C(=O)N[C@H]5CCNC5)cc4)cc3N2)cc1OC. The van der Waals surface area contributed by atoms with Crippen LogP contribution in [0.5, 0.6) is 11.5 Å². The van der Waals surface area contributed by atoms with Crippen LogP contribution < -0.4 is 25.4 Å². The van der Waals surface area contributed by atoms with Gasteiger partial charge in [-0.1, -0.05) is 18.2 Å². The van der Waals surface area contributed by atoms with Gasteiger partial charge in [0, 0.05) is 36.2 Å². The second-order valence-electron chi connectivity index (χ2n) is 9.20. The zero-order chi connectivity index (χ0) is 26.2. The molecule has 0 radical (unpaired) electrons. The molecule has 8 nitrogen and oxygen atoms in total. The molecule has 3 atom stereocenters. The van der Waals surface area contributed by atoms with Crippen LogP contribution in [-0.2, 0) is 0 Å². The number of methoxy groups -OCH3 is 2. The average molecular weight is 516 g/mol. The van der Waals surface area contributed by atoms with Gasteiger partial charge in [-0.15, -0.1) is 0 Å². The molecule has 196 valence electrons. The van der Waals surface area contributed by atoms with Gasteiger partial charge in [0.2, 0.25) is 0 Å². The van der Waals surface area contributed by atoms with Gasteiger partial charge in [0.1, 0.15) is 5.82 Å². The van der Waals surface area contributed by atoms with E-state index in [1.165, 1.54) is 14.2 Å². The van der Waals surface area contributed by atoms with Crippen molar-refractivity contribution < 1.29 is 27.4 Å². The lowest BCUT2D eigenvalue weighted by Gasteiger charge is -2.33. The van der Waals surface area contributed by atoms with Crippen molar-refractivity contribution in [2.24, 2.45) is 0 Å². The topological polar surface area (TPSA) is 89.4 Å². The molecule has 37 heavy (non-hydrogen) atoms. The quantitative estimate of drug-likeness (QED) is 0.453. The first-order chi connectivity index (χ1) is 17.8. The van der Waals surface area contributed by atoms with E-state index in [1.807, 2.05) is 0 Å². The van der Waals surface area contributed by atoms with Crippen LogP contribution in [0.25, 0.3) is 11.3 Å². The molecule has 0 unspecified atom stereocenters. The van der Waals surface area contributed by atoms with Gasteiger partial charge in [-0.3, -0.25) is 4.79 Å². The van der Waals surface area contributed by atoms with E-state index in [0.29, 0.717) is 33.9 Å². The van der Waals surface area contributed by atoms with Crippen molar-refractivity contribution in [3.05, 3.63) is 59.7 Å². The summed E-state index contributed by atoms with van der Waals surface area (Å²) in [4.78, 5) is 12.5. The molecule has 1 fully saturated rings. The minimum atomic E-state index is -4.49.